The van der Waals surface area contributed by atoms with Crippen LogP contribution >= 0.6 is 31.9 Å². The van der Waals surface area contributed by atoms with Crippen molar-refractivity contribution in [3.8, 4) is 11.1 Å². The summed E-state index contributed by atoms with van der Waals surface area (Å²) in [6.45, 7) is 0. The van der Waals surface area contributed by atoms with Crippen LogP contribution < -0.4 is 0 Å². The van der Waals surface area contributed by atoms with E-state index in [1.54, 1.807) is 48.5 Å². The lowest BCUT2D eigenvalue weighted by Gasteiger charge is -2.18. The Bertz CT molecular complexity index is 1580. The van der Waals surface area contributed by atoms with Crippen LogP contribution in [0.2, 0.25) is 0 Å². The number of benzene rings is 4. The molecule has 0 saturated heterocycles. The molecule has 0 aliphatic carbocycles. The Morgan fingerprint density at radius 3 is 1.61 bits per heavy atom. The van der Waals surface area contributed by atoms with Crippen LogP contribution in [0.4, 0.5) is 0 Å². The van der Waals surface area contributed by atoms with Crippen LogP contribution in [0.25, 0.3) is 32.7 Å². The number of hydrogen-bond acceptors (Lipinski definition) is 5. The summed E-state index contributed by atoms with van der Waals surface area (Å²) in [6.07, 6.45) is 0. The Hall–Kier alpha value is -1.82. The number of rotatable bonds is 4. The average molecular weight is 586 g/mol. The highest BCUT2D eigenvalue weighted by Crippen LogP contribution is 2.43. The molecule has 0 heterocycles. The molecule has 4 rings (SSSR count). The molecular formula is C21H14Br2O6S2. The monoisotopic (exact) mass is 584 g/mol. The maximum absolute atomic E-state index is 12.8. The first kappa shape index (κ1) is 22.4. The predicted molar refractivity (Wildman–Crippen MR) is 126 cm³/mol. The number of fused-ring (bicyclic) bond motifs is 2. The normalized spacial score (nSPS) is 12.5. The van der Waals surface area contributed by atoms with E-state index in [1.807, 2.05) is 0 Å². The van der Waals surface area contributed by atoms with Gasteiger partial charge in [0.15, 0.2) is 0 Å². The summed E-state index contributed by atoms with van der Waals surface area (Å²) < 4.78 is 66.5. The summed E-state index contributed by atoms with van der Waals surface area (Å²) in [5, 5.41) is 2.28. The Balaban J connectivity index is 2.33. The van der Waals surface area contributed by atoms with Crippen molar-refractivity contribution >= 4 is 73.6 Å². The topological polar surface area (TPSA) is 97.7 Å². The average Bonchev–Trinajstić information content (AvgIpc) is 2.71. The smallest absolute Gasteiger partial charge is 0.282 e. The largest absolute Gasteiger partial charge is 0.297 e. The van der Waals surface area contributed by atoms with Crippen molar-refractivity contribution in [3.63, 3.8) is 0 Å². The fourth-order valence-electron chi connectivity index (χ4n) is 3.59. The van der Waals surface area contributed by atoms with E-state index >= 15 is 0 Å². The van der Waals surface area contributed by atoms with Crippen molar-refractivity contribution in [2.45, 2.75) is 9.79 Å². The van der Waals surface area contributed by atoms with Crippen LogP contribution in [0.1, 0.15) is 0 Å². The molecule has 6 nitrogen and oxygen atoms in total. The van der Waals surface area contributed by atoms with E-state index in [1.165, 1.54) is 12.1 Å². The molecule has 0 radical (unpaired) electrons. The third-order valence-corrected chi connectivity index (χ3v) is 8.10. The lowest BCUT2D eigenvalue weighted by Crippen LogP contribution is -2.08. The molecule has 0 unspecified atom stereocenters. The fraction of sp³-hybridized carbons (Fsp3) is 0.0476. The van der Waals surface area contributed by atoms with Gasteiger partial charge in [-0.2, -0.15) is 16.8 Å². The minimum absolute atomic E-state index is 0.0797. The first-order chi connectivity index (χ1) is 14.5. The molecule has 0 spiro atoms. The predicted octanol–water partition coefficient (Wildman–Crippen LogP) is 5.77. The molecule has 0 saturated carbocycles. The van der Waals surface area contributed by atoms with Gasteiger partial charge in [0.05, 0.1) is 7.11 Å². The molecule has 0 aromatic heterocycles. The summed E-state index contributed by atoms with van der Waals surface area (Å²) in [4.78, 5) is -0.601. The van der Waals surface area contributed by atoms with Crippen LogP contribution in [0.5, 0.6) is 0 Å². The maximum atomic E-state index is 12.8. The summed E-state index contributed by atoms with van der Waals surface area (Å²) in [5.74, 6) is 0. The van der Waals surface area contributed by atoms with E-state index in [-0.39, 0.29) is 16.0 Å². The van der Waals surface area contributed by atoms with Crippen molar-refractivity contribution < 1.29 is 25.6 Å². The molecule has 4 aromatic rings. The SMILES string of the molecule is COS(=O)(=O)c1ccc2cc(Br)ccc2c1-c1c(S(=O)(=O)O)ccc2cc(Br)ccc12. The summed E-state index contributed by atoms with van der Waals surface area (Å²) >= 11 is 6.78. The molecule has 0 atom stereocenters. The van der Waals surface area contributed by atoms with Gasteiger partial charge in [0.25, 0.3) is 20.2 Å². The van der Waals surface area contributed by atoms with Gasteiger partial charge in [-0.3, -0.25) is 8.74 Å². The van der Waals surface area contributed by atoms with Gasteiger partial charge in [-0.15, -0.1) is 0 Å². The van der Waals surface area contributed by atoms with Crippen molar-refractivity contribution in [2.24, 2.45) is 0 Å². The quantitative estimate of drug-likeness (QED) is 0.241. The van der Waals surface area contributed by atoms with Gasteiger partial charge in [-0.05, 0) is 57.9 Å². The van der Waals surface area contributed by atoms with E-state index in [0.29, 0.717) is 21.5 Å². The van der Waals surface area contributed by atoms with E-state index in [0.717, 1.165) is 16.1 Å². The van der Waals surface area contributed by atoms with Crippen LogP contribution in [0.15, 0.2) is 79.4 Å². The van der Waals surface area contributed by atoms with Gasteiger partial charge in [-0.25, -0.2) is 0 Å². The number of halogens is 2. The summed E-state index contributed by atoms with van der Waals surface area (Å²) in [5.41, 5.74) is 0.212. The second-order valence-corrected chi connectivity index (χ2v) is 11.6. The lowest BCUT2D eigenvalue weighted by atomic mass is 9.94. The molecule has 1 N–H and O–H groups in total. The highest BCUT2D eigenvalue weighted by molar-refractivity contribution is 9.10. The van der Waals surface area contributed by atoms with Crippen molar-refractivity contribution in [1.29, 1.82) is 0 Å². The molecule has 0 bridgehead atoms. The zero-order chi connectivity index (χ0) is 22.6. The van der Waals surface area contributed by atoms with Crippen LogP contribution in [0, 0.1) is 0 Å². The second kappa shape index (κ2) is 7.95. The fourth-order valence-corrected chi connectivity index (χ4v) is 5.93. The molecule has 31 heavy (non-hydrogen) atoms. The molecule has 10 heteroatoms. The van der Waals surface area contributed by atoms with Gasteiger partial charge in [0.1, 0.15) is 9.79 Å². The first-order valence-electron chi connectivity index (χ1n) is 8.76. The van der Waals surface area contributed by atoms with Gasteiger partial charge < -0.3 is 0 Å². The maximum Gasteiger partial charge on any atom is 0.297 e. The first-order valence-corrected chi connectivity index (χ1v) is 13.2. The van der Waals surface area contributed by atoms with Gasteiger partial charge in [0.2, 0.25) is 0 Å². The third kappa shape index (κ3) is 4.04. The zero-order valence-electron chi connectivity index (χ0n) is 15.8. The van der Waals surface area contributed by atoms with Crippen LogP contribution in [-0.2, 0) is 24.4 Å². The van der Waals surface area contributed by atoms with Crippen molar-refractivity contribution in [1.82, 2.24) is 0 Å². The second-order valence-electron chi connectivity index (χ2n) is 6.70. The van der Waals surface area contributed by atoms with E-state index in [2.05, 4.69) is 31.9 Å². The van der Waals surface area contributed by atoms with Crippen molar-refractivity contribution in [3.05, 3.63) is 69.6 Å². The lowest BCUT2D eigenvalue weighted by molar-refractivity contribution is 0.398. The van der Waals surface area contributed by atoms with E-state index in [4.69, 9.17) is 4.18 Å². The zero-order valence-corrected chi connectivity index (χ0v) is 20.6. The Morgan fingerprint density at radius 1 is 0.710 bits per heavy atom. The van der Waals surface area contributed by atoms with E-state index < -0.39 is 25.1 Å². The Labute approximate surface area is 196 Å². The standard InChI is InChI=1S/C21H14Br2O6S2/c1-29-31(27,28)19-9-3-13-11-15(23)5-7-17(13)21(19)20-16-6-4-14(22)10-12(16)2-8-18(20)30(24,25)26/h2-11H,1H3,(H,24,25,26). The molecule has 0 aliphatic heterocycles. The van der Waals surface area contributed by atoms with Crippen LogP contribution in [-0.4, -0.2) is 28.5 Å². The molecule has 4 aromatic carbocycles. The van der Waals surface area contributed by atoms with Crippen LogP contribution in [0.3, 0.4) is 0 Å². The van der Waals surface area contributed by atoms with Crippen molar-refractivity contribution in [2.75, 3.05) is 7.11 Å². The number of hydrogen-bond donors (Lipinski definition) is 1. The summed E-state index contributed by atoms with van der Waals surface area (Å²) in [7, 11) is -7.86. The third-order valence-electron chi connectivity index (χ3n) is 4.90. The molecule has 0 amide bonds. The molecule has 0 aliphatic rings. The molecular weight excluding hydrogens is 572 g/mol. The highest BCUT2D eigenvalue weighted by Gasteiger charge is 2.28. The van der Waals surface area contributed by atoms with Gasteiger partial charge in [-0.1, -0.05) is 56.1 Å². The van der Waals surface area contributed by atoms with Gasteiger partial charge >= 0.3 is 0 Å². The molecule has 160 valence electrons. The van der Waals surface area contributed by atoms with Gasteiger partial charge in [0, 0.05) is 20.1 Å². The highest BCUT2D eigenvalue weighted by atomic mass is 79.9. The minimum Gasteiger partial charge on any atom is -0.282 e. The Kier molecular flexibility index (Phi) is 5.74. The molecule has 0 fully saturated rings. The minimum atomic E-state index is -4.69. The van der Waals surface area contributed by atoms with E-state index in [9.17, 15) is 21.4 Å². The Morgan fingerprint density at radius 2 is 1.16 bits per heavy atom. The summed E-state index contributed by atoms with van der Waals surface area (Å²) in [6, 6.07) is 16.2.